The molecule has 2 atom stereocenters. The Balaban J connectivity index is 2.72. The molecule has 0 aliphatic heterocycles. The van der Waals surface area contributed by atoms with Gasteiger partial charge in [0.1, 0.15) is 0 Å². The summed E-state index contributed by atoms with van der Waals surface area (Å²) in [5.41, 5.74) is 0. The van der Waals surface area contributed by atoms with Gasteiger partial charge in [0.25, 0.3) is 0 Å². The monoisotopic (exact) mass is 307 g/mol. The van der Waals surface area contributed by atoms with E-state index in [2.05, 4.69) is 0 Å². The summed E-state index contributed by atoms with van der Waals surface area (Å²) < 4.78 is 73.6. The van der Waals surface area contributed by atoms with Crippen LogP contribution in [0.3, 0.4) is 0 Å². The maximum atomic E-state index is 12.3. The molecule has 1 fully saturated rings. The zero-order valence-corrected chi connectivity index (χ0v) is 9.88. The van der Waals surface area contributed by atoms with Gasteiger partial charge in [0.15, 0.2) is 0 Å². The van der Waals surface area contributed by atoms with Gasteiger partial charge in [0.2, 0.25) is 11.8 Å². The maximum absolute atomic E-state index is 12.3. The normalized spacial score (nSPS) is 23.9. The molecule has 1 aliphatic carbocycles. The molecular formula is C10H11F6NO3. The minimum absolute atomic E-state index is 0.0329. The van der Waals surface area contributed by atoms with Crippen LogP contribution >= 0.6 is 0 Å². The zero-order chi connectivity index (χ0) is 15.7. The van der Waals surface area contributed by atoms with E-state index >= 15 is 0 Å². The van der Waals surface area contributed by atoms with Gasteiger partial charge < -0.3 is 10.4 Å². The fourth-order valence-electron chi connectivity index (χ4n) is 2.10. The number of rotatable bonds is 3. The second-order valence-corrected chi connectivity index (χ2v) is 4.57. The number of hydrogen-bond donors (Lipinski definition) is 2. The fraction of sp³-hybridized carbons (Fsp3) is 0.800. The molecule has 0 radical (unpaired) electrons. The summed E-state index contributed by atoms with van der Waals surface area (Å²) in [4.78, 5) is 21.8. The van der Waals surface area contributed by atoms with Crippen LogP contribution in [-0.2, 0) is 9.59 Å². The van der Waals surface area contributed by atoms with Gasteiger partial charge in [-0.3, -0.25) is 9.59 Å². The standard InChI is InChI=1S/C10H11F6NO3/c11-9(12,13)6(10(14,15)16)7(18)17-5-2-1-4(3-5)8(19)20/h4-6H,1-3H2,(H,17,18)(H,19,20)/t4-,5+/m1/s1. The number of halogens is 6. The maximum Gasteiger partial charge on any atom is 0.409 e. The first kappa shape index (κ1) is 16.6. The van der Waals surface area contributed by atoms with E-state index in [1.807, 2.05) is 0 Å². The number of carboxylic acids is 1. The number of carboxylic acid groups (broad SMARTS) is 1. The van der Waals surface area contributed by atoms with Gasteiger partial charge in [-0.15, -0.1) is 0 Å². The van der Waals surface area contributed by atoms with E-state index in [4.69, 9.17) is 5.11 Å². The Morgan fingerprint density at radius 1 is 1.05 bits per heavy atom. The lowest BCUT2D eigenvalue weighted by atomic mass is 10.1. The molecular weight excluding hydrogens is 296 g/mol. The van der Waals surface area contributed by atoms with Crippen LogP contribution in [0.1, 0.15) is 19.3 Å². The molecule has 20 heavy (non-hydrogen) atoms. The second-order valence-electron chi connectivity index (χ2n) is 4.57. The van der Waals surface area contributed by atoms with Crippen LogP contribution in [0.2, 0.25) is 0 Å². The van der Waals surface area contributed by atoms with E-state index in [1.54, 1.807) is 5.32 Å². The molecule has 116 valence electrons. The van der Waals surface area contributed by atoms with Crippen molar-refractivity contribution < 1.29 is 41.0 Å². The molecule has 1 amide bonds. The molecule has 4 nitrogen and oxygen atoms in total. The lowest BCUT2D eigenvalue weighted by molar-refractivity contribution is -0.274. The van der Waals surface area contributed by atoms with E-state index in [9.17, 15) is 35.9 Å². The molecule has 0 unspecified atom stereocenters. The van der Waals surface area contributed by atoms with Crippen molar-refractivity contribution in [1.29, 1.82) is 0 Å². The molecule has 2 N–H and O–H groups in total. The molecule has 1 aliphatic rings. The smallest absolute Gasteiger partial charge is 0.409 e. The van der Waals surface area contributed by atoms with Crippen molar-refractivity contribution in [2.24, 2.45) is 11.8 Å². The van der Waals surface area contributed by atoms with Crippen molar-refractivity contribution >= 4 is 11.9 Å². The Kier molecular flexibility index (Phi) is 4.55. The third kappa shape index (κ3) is 4.01. The van der Waals surface area contributed by atoms with Crippen molar-refractivity contribution in [1.82, 2.24) is 5.32 Å². The SMILES string of the molecule is O=C(N[C@H]1CC[C@@H](C(=O)O)C1)C(C(F)(F)F)C(F)(F)F. The summed E-state index contributed by atoms with van der Waals surface area (Å²) in [5.74, 6) is -8.35. The fourth-order valence-corrected chi connectivity index (χ4v) is 2.10. The summed E-state index contributed by atoms with van der Waals surface area (Å²) in [7, 11) is 0. The Morgan fingerprint density at radius 3 is 1.90 bits per heavy atom. The average molecular weight is 307 g/mol. The predicted octanol–water partition coefficient (Wildman–Crippen LogP) is 2.10. The van der Waals surface area contributed by atoms with Crippen LogP contribution in [0.25, 0.3) is 0 Å². The predicted molar refractivity (Wildman–Crippen MR) is 52.5 cm³/mol. The van der Waals surface area contributed by atoms with Crippen molar-refractivity contribution in [3.05, 3.63) is 0 Å². The highest BCUT2D eigenvalue weighted by Crippen LogP contribution is 2.39. The zero-order valence-electron chi connectivity index (χ0n) is 9.88. The highest BCUT2D eigenvalue weighted by Gasteiger charge is 2.61. The summed E-state index contributed by atoms with van der Waals surface area (Å²) in [6.45, 7) is 0. The number of carbonyl (C=O) groups is 2. The minimum atomic E-state index is -5.74. The van der Waals surface area contributed by atoms with E-state index in [1.165, 1.54) is 0 Å². The molecule has 0 aromatic carbocycles. The van der Waals surface area contributed by atoms with E-state index in [-0.39, 0.29) is 19.3 Å². The van der Waals surface area contributed by atoms with Crippen LogP contribution in [0.5, 0.6) is 0 Å². The summed E-state index contributed by atoms with van der Waals surface area (Å²) in [6.07, 6.45) is -11.5. The summed E-state index contributed by atoms with van der Waals surface area (Å²) >= 11 is 0. The molecule has 0 heterocycles. The van der Waals surface area contributed by atoms with Gasteiger partial charge in [-0.05, 0) is 19.3 Å². The van der Waals surface area contributed by atoms with E-state index in [0.29, 0.717) is 0 Å². The Morgan fingerprint density at radius 2 is 1.55 bits per heavy atom. The molecule has 0 spiro atoms. The Hall–Kier alpha value is -1.48. The highest BCUT2D eigenvalue weighted by molar-refractivity contribution is 5.80. The molecule has 1 saturated carbocycles. The second kappa shape index (κ2) is 5.49. The highest BCUT2D eigenvalue weighted by atomic mass is 19.4. The molecule has 0 aromatic rings. The third-order valence-electron chi connectivity index (χ3n) is 3.05. The molecule has 0 aromatic heterocycles. The number of amides is 1. The largest absolute Gasteiger partial charge is 0.481 e. The van der Waals surface area contributed by atoms with Gasteiger partial charge >= 0.3 is 18.3 Å². The number of carbonyl (C=O) groups excluding carboxylic acids is 1. The number of hydrogen-bond acceptors (Lipinski definition) is 2. The van der Waals surface area contributed by atoms with Gasteiger partial charge in [-0.2, -0.15) is 26.3 Å². The first-order chi connectivity index (χ1) is 8.93. The third-order valence-corrected chi connectivity index (χ3v) is 3.05. The minimum Gasteiger partial charge on any atom is -0.481 e. The van der Waals surface area contributed by atoms with Crippen LogP contribution in [-0.4, -0.2) is 35.4 Å². The molecule has 10 heteroatoms. The number of aliphatic carboxylic acids is 1. The molecule has 0 saturated heterocycles. The Bertz CT molecular complexity index is 377. The first-order valence-electron chi connectivity index (χ1n) is 5.59. The van der Waals surface area contributed by atoms with E-state index < -0.39 is 42.1 Å². The van der Waals surface area contributed by atoms with Crippen LogP contribution in [0, 0.1) is 11.8 Å². The quantitative estimate of drug-likeness (QED) is 0.785. The van der Waals surface area contributed by atoms with Gasteiger partial charge in [0.05, 0.1) is 5.92 Å². The lowest BCUT2D eigenvalue weighted by Gasteiger charge is -2.23. The van der Waals surface area contributed by atoms with Crippen LogP contribution < -0.4 is 5.32 Å². The topological polar surface area (TPSA) is 66.4 Å². The summed E-state index contributed by atoms with van der Waals surface area (Å²) in [5, 5.41) is 10.3. The van der Waals surface area contributed by atoms with Crippen molar-refractivity contribution in [2.45, 2.75) is 37.7 Å². The van der Waals surface area contributed by atoms with Gasteiger partial charge in [-0.25, -0.2) is 0 Å². The molecule has 0 bridgehead atoms. The first-order valence-corrected chi connectivity index (χ1v) is 5.59. The lowest BCUT2D eigenvalue weighted by Crippen LogP contribution is -2.50. The van der Waals surface area contributed by atoms with Crippen LogP contribution in [0.4, 0.5) is 26.3 Å². The summed E-state index contributed by atoms with van der Waals surface area (Å²) in [6, 6.07) is -0.990. The van der Waals surface area contributed by atoms with Crippen LogP contribution in [0.15, 0.2) is 0 Å². The van der Waals surface area contributed by atoms with Crippen molar-refractivity contribution in [2.75, 3.05) is 0 Å². The molecule has 1 rings (SSSR count). The number of alkyl halides is 6. The van der Waals surface area contributed by atoms with Crippen molar-refractivity contribution in [3.8, 4) is 0 Å². The van der Waals surface area contributed by atoms with Gasteiger partial charge in [0, 0.05) is 6.04 Å². The van der Waals surface area contributed by atoms with E-state index in [0.717, 1.165) is 0 Å². The Labute approximate surface area is 109 Å². The number of nitrogens with one attached hydrogen (secondary N) is 1. The van der Waals surface area contributed by atoms with Gasteiger partial charge in [-0.1, -0.05) is 0 Å². The average Bonchev–Trinajstić information content (AvgIpc) is 2.60. The van der Waals surface area contributed by atoms with Crippen molar-refractivity contribution in [3.63, 3.8) is 0 Å².